The molecule has 90 valence electrons. The van der Waals surface area contributed by atoms with E-state index in [2.05, 4.69) is 10.2 Å². The van der Waals surface area contributed by atoms with Crippen LogP contribution in [0.15, 0.2) is 24.3 Å². The molecule has 0 bridgehead atoms. The highest BCUT2D eigenvalue weighted by Gasteiger charge is 2.28. The van der Waals surface area contributed by atoms with Gasteiger partial charge in [-0.1, -0.05) is 18.2 Å². The zero-order valence-electron chi connectivity index (χ0n) is 9.69. The first-order valence-corrected chi connectivity index (χ1v) is 6.06. The lowest BCUT2D eigenvalue weighted by Crippen LogP contribution is -2.52. The Balaban J connectivity index is 1.92. The number of para-hydroxylation sites is 1. The van der Waals surface area contributed by atoms with Gasteiger partial charge in [0.25, 0.3) is 0 Å². The van der Waals surface area contributed by atoms with Crippen molar-refractivity contribution >= 4 is 5.97 Å². The summed E-state index contributed by atoms with van der Waals surface area (Å²) in [7, 11) is 0. The molecule has 2 aliphatic rings. The summed E-state index contributed by atoms with van der Waals surface area (Å²) in [4.78, 5) is 14.1. The first-order valence-electron chi connectivity index (χ1n) is 6.06. The van der Waals surface area contributed by atoms with Gasteiger partial charge in [-0.25, -0.2) is 0 Å². The fourth-order valence-corrected chi connectivity index (χ4v) is 2.52. The van der Waals surface area contributed by atoms with Crippen LogP contribution in [-0.2, 0) is 11.3 Å². The quantitative estimate of drug-likeness (QED) is 0.530. The van der Waals surface area contributed by atoms with Crippen molar-refractivity contribution in [3.63, 3.8) is 0 Å². The van der Waals surface area contributed by atoms with Gasteiger partial charge < -0.3 is 10.1 Å². The number of carbonyl (C=O) groups is 1. The number of carbonyl (C=O) groups excluding carboxylic acids is 1. The molecule has 1 aromatic carbocycles. The lowest BCUT2D eigenvalue weighted by molar-refractivity contribution is -0.136. The van der Waals surface area contributed by atoms with Crippen molar-refractivity contribution in [3.8, 4) is 5.75 Å². The number of benzene rings is 1. The number of piperazine rings is 1. The third-order valence-corrected chi connectivity index (χ3v) is 3.44. The van der Waals surface area contributed by atoms with E-state index in [1.54, 1.807) is 0 Å². The van der Waals surface area contributed by atoms with Crippen molar-refractivity contribution in [2.24, 2.45) is 0 Å². The summed E-state index contributed by atoms with van der Waals surface area (Å²) < 4.78 is 5.39. The summed E-state index contributed by atoms with van der Waals surface area (Å²) in [5, 5.41) is 3.33. The van der Waals surface area contributed by atoms with E-state index in [-0.39, 0.29) is 12.0 Å². The van der Waals surface area contributed by atoms with Crippen LogP contribution in [0, 0.1) is 0 Å². The van der Waals surface area contributed by atoms with Crippen LogP contribution in [-0.4, -0.2) is 36.5 Å². The topological polar surface area (TPSA) is 41.6 Å². The number of rotatable bonds is 0. The maximum absolute atomic E-state index is 11.8. The zero-order chi connectivity index (χ0) is 11.7. The molecular weight excluding hydrogens is 216 g/mol. The third kappa shape index (κ3) is 2.18. The maximum Gasteiger partial charge on any atom is 0.312 e. The van der Waals surface area contributed by atoms with E-state index in [9.17, 15) is 4.79 Å². The van der Waals surface area contributed by atoms with Crippen molar-refractivity contribution < 1.29 is 9.53 Å². The van der Waals surface area contributed by atoms with Gasteiger partial charge >= 0.3 is 5.97 Å². The summed E-state index contributed by atoms with van der Waals surface area (Å²) in [5.41, 5.74) is 1.10. The minimum absolute atomic E-state index is 0.129. The highest BCUT2D eigenvalue weighted by Crippen LogP contribution is 2.25. The number of esters is 1. The molecule has 4 heteroatoms. The summed E-state index contributed by atoms with van der Waals surface area (Å²) in [6, 6.07) is 8.07. The Morgan fingerprint density at radius 1 is 1.35 bits per heavy atom. The molecule has 0 radical (unpaired) electrons. The minimum Gasteiger partial charge on any atom is -0.426 e. The monoisotopic (exact) mass is 232 g/mol. The van der Waals surface area contributed by atoms with Crippen LogP contribution in [0.25, 0.3) is 0 Å². The Morgan fingerprint density at radius 2 is 2.24 bits per heavy atom. The van der Waals surface area contributed by atoms with E-state index < -0.39 is 0 Å². The highest BCUT2D eigenvalue weighted by molar-refractivity contribution is 5.73. The predicted octanol–water partition coefficient (Wildman–Crippen LogP) is 0.769. The molecule has 3 rings (SSSR count). The van der Waals surface area contributed by atoms with Gasteiger partial charge in [0.05, 0.1) is 6.42 Å². The predicted molar refractivity (Wildman–Crippen MR) is 63.8 cm³/mol. The van der Waals surface area contributed by atoms with E-state index in [1.165, 1.54) is 0 Å². The Kier molecular flexibility index (Phi) is 2.82. The molecule has 1 aromatic rings. The molecule has 1 atom stereocenters. The summed E-state index contributed by atoms with van der Waals surface area (Å²) >= 11 is 0. The van der Waals surface area contributed by atoms with Crippen LogP contribution in [0.4, 0.5) is 0 Å². The number of fused-ring (bicyclic) bond motifs is 2. The SMILES string of the molecule is O=C1CC2CNCCN2Cc2ccccc2O1. The Hall–Kier alpha value is -1.39. The highest BCUT2D eigenvalue weighted by atomic mass is 16.5. The molecule has 1 unspecified atom stereocenters. The summed E-state index contributed by atoms with van der Waals surface area (Å²) in [6.45, 7) is 3.73. The van der Waals surface area contributed by atoms with Gasteiger partial charge in [0, 0.05) is 37.8 Å². The molecule has 0 spiro atoms. The maximum atomic E-state index is 11.8. The number of nitrogens with one attached hydrogen (secondary N) is 1. The first kappa shape index (κ1) is 10.7. The van der Waals surface area contributed by atoms with Crippen LogP contribution in [0.3, 0.4) is 0 Å². The molecule has 0 saturated carbocycles. The third-order valence-electron chi connectivity index (χ3n) is 3.44. The zero-order valence-corrected chi connectivity index (χ0v) is 9.69. The van der Waals surface area contributed by atoms with Gasteiger partial charge in [0.15, 0.2) is 0 Å². The second-order valence-corrected chi connectivity index (χ2v) is 4.61. The van der Waals surface area contributed by atoms with Gasteiger partial charge in [-0.3, -0.25) is 9.69 Å². The van der Waals surface area contributed by atoms with Gasteiger partial charge in [0.1, 0.15) is 5.75 Å². The fraction of sp³-hybridized carbons (Fsp3) is 0.462. The molecule has 4 nitrogen and oxygen atoms in total. The molecule has 1 N–H and O–H groups in total. The standard InChI is InChI=1S/C13H16N2O2/c16-13-7-11-8-14-5-6-15(11)9-10-3-1-2-4-12(10)17-13/h1-4,11,14H,5-9H2. The van der Waals surface area contributed by atoms with Gasteiger partial charge in [0.2, 0.25) is 0 Å². The van der Waals surface area contributed by atoms with Crippen LogP contribution < -0.4 is 10.1 Å². The Bertz CT molecular complexity index is 433. The van der Waals surface area contributed by atoms with Crippen molar-refractivity contribution in [2.75, 3.05) is 19.6 Å². The summed E-state index contributed by atoms with van der Waals surface area (Å²) in [6.07, 6.45) is 0.474. The molecule has 1 saturated heterocycles. The lowest BCUT2D eigenvalue weighted by Gasteiger charge is -2.37. The van der Waals surface area contributed by atoms with Crippen LogP contribution >= 0.6 is 0 Å². The van der Waals surface area contributed by atoms with E-state index in [0.717, 1.165) is 37.5 Å². The van der Waals surface area contributed by atoms with Gasteiger partial charge in [-0.05, 0) is 6.07 Å². The largest absolute Gasteiger partial charge is 0.426 e. The van der Waals surface area contributed by atoms with E-state index in [4.69, 9.17) is 4.74 Å². The second-order valence-electron chi connectivity index (χ2n) is 4.61. The van der Waals surface area contributed by atoms with E-state index in [0.29, 0.717) is 6.42 Å². The molecule has 1 fully saturated rings. The molecule has 0 aromatic heterocycles. The van der Waals surface area contributed by atoms with Crippen LogP contribution in [0.1, 0.15) is 12.0 Å². The number of hydrogen-bond donors (Lipinski definition) is 1. The van der Waals surface area contributed by atoms with E-state index in [1.807, 2.05) is 24.3 Å². The van der Waals surface area contributed by atoms with Crippen LogP contribution in [0.5, 0.6) is 5.75 Å². The lowest BCUT2D eigenvalue weighted by atomic mass is 10.1. The fourth-order valence-electron chi connectivity index (χ4n) is 2.52. The molecule has 2 aliphatic heterocycles. The van der Waals surface area contributed by atoms with Crippen molar-refractivity contribution in [2.45, 2.75) is 19.0 Å². The van der Waals surface area contributed by atoms with Gasteiger partial charge in [-0.2, -0.15) is 0 Å². The first-order chi connectivity index (χ1) is 8.33. The molecular formula is C13H16N2O2. The molecule has 0 aliphatic carbocycles. The Labute approximate surface area is 101 Å². The van der Waals surface area contributed by atoms with Crippen molar-refractivity contribution in [1.82, 2.24) is 10.2 Å². The second kappa shape index (κ2) is 4.47. The molecule has 0 amide bonds. The normalized spacial score (nSPS) is 25.2. The van der Waals surface area contributed by atoms with Gasteiger partial charge in [-0.15, -0.1) is 0 Å². The minimum atomic E-state index is -0.129. The smallest absolute Gasteiger partial charge is 0.312 e. The molecule has 2 heterocycles. The van der Waals surface area contributed by atoms with E-state index >= 15 is 0 Å². The average molecular weight is 232 g/mol. The number of hydrogen-bond acceptors (Lipinski definition) is 4. The van der Waals surface area contributed by atoms with Crippen molar-refractivity contribution in [1.29, 1.82) is 0 Å². The van der Waals surface area contributed by atoms with Crippen molar-refractivity contribution in [3.05, 3.63) is 29.8 Å². The van der Waals surface area contributed by atoms with Crippen LogP contribution in [0.2, 0.25) is 0 Å². The number of ether oxygens (including phenoxy) is 1. The molecule has 17 heavy (non-hydrogen) atoms. The number of nitrogens with zero attached hydrogens (tertiary/aromatic N) is 1. The summed E-state index contributed by atoms with van der Waals surface area (Å²) in [5.74, 6) is 0.588. The average Bonchev–Trinajstić information content (AvgIpc) is 2.31. The Morgan fingerprint density at radius 3 is 3.18 bits per heavy atom.